The highest BCUT2D eigenvalue weighted by atomic mass is 19.4. The first kappa shape index (κ1) is 33.8. The van der Waals surface area contributed by atoms with E-state index in [1.54, 1.807) is 12.1 Å². The average Bonchev–Trinajstić information content (AvgIpc) is 3.12. The second-order valence-corrected chi connectivity index (χ2v) is 13.5. The molecule has 0 saturated carbocycles. The average molecular weight is 673 g/mol. The molecule has 0 heterocycles. The highest BCUT2D eigenvalue weighted by Gasteiger charge is 2.34. The molecule has 0 aliphatic heterocycles. The molecule has 252 valence electrons. The lowest BCUT2D eigenvalue weighted by atomic mass is 9.81. The van der Waals surface area contributed by atoms with E-state index in [0.717, 1.165) is 83.5 Å². The third kappa shape index (κ3) is 6.53. The van der Waals surface area contributed by atoms with Crippen molar-refractivity contribution in [3.8, 4) is 66.8 Å². The van der Waals surface area contributed by atoms with Crippen LogP contribution in [0.1, 0.15) is 33.4 Å². The Balaban J connectivity index is 1.61. The van der Waals surface area contributed by atoms with Crippen molar-refractivity contribution < 1.29 is 13.2 Å². The Morgan fingerprint density at radius 3 is 1.06 bits per heavy atom. The summed E-state index contributed by atoms with van der Waals surface area (Å²) < 4.78 is 44.5. The lowest BCUT2D eigenvalue weighted by molar-refractivity contribution is -0.137. The van der Waals surface area contributed by atoms with Gasteiger partial charge in [0.25, 0.3) is 0 Å². The number of halogens is 3. The second kappa shape index (κ2) is 13.6. The molecule has 7 aromatic rings. The molecule has 0 nitrogen and oxygen atoms in total. The van der Waals surface area contributed by atoms with Crippen LogP contribution in [-0.2, 0) is 6.18 Å². The summed E-state index contributed by atoms with van der Waals surface area (Å²) in [6.07, 6.45) is -4.54. The fraction of sp³-hybridized carbons (Fsp3) is 0.125. The zero-order chi connectivity index (χ0) is 35.9. The number of hydrogen-bond donors (Lipinski definition) is 0. The lowest BCUT2D eigenvalue weighted by Crippen LogP contribution is -2.07. The fourth-order valence-corrected chi connectivity index (χ4v) is 7.28. The van der Waals surface area contributed by atoms with Crippen LogP contribution in [0, 0.1) is 34.6 Å². The van der Waals surface area contributed by atoms with Crippen molar-refractivity contribution in [2.24, 2.45) is 0 Å². The van der Waals surface area contributed by atoms with E-state index in [-0.39, 0.29) is 5.56 Å². The van der Waals surface area contributed by atoms with E-state index in [0.29, 0.717) is 5.56 Å². The predicted molar refractivity (Wildman–Crippen MR) is 208 cm³/mol. The smallest absolute Gasteiger partial charge is 0.166 e. The molecule has 7 rings (SSSR count). The monoisotopic (exact) mass is 672 g/mol. The molecule has 0 spiro atoms. The van der Waals surface area contributed by atoms with Crippen molar-refractivity contribution in [2.75, 3.05) is 0 Å². The molecule has 0 atom stereocenters. The number of alkyl halides is 3. The number of hydrogen-bond acceptors (Lipinski definition) is 0. The highest BCUT2D eigenvalue weighted by molar-refractivity contribution is 5.98. The minimum absolute atomic E-state index is 0.158. The third-order valence-electron chi connectivity index (χ3n) is 10.1. The molecule has 0 unspecified atom stereocenters. The minimum atomic E-state index is -4.54. The van der Waals surface area contributed by atoms with Gasteiger partial charge in [0.05, 0.1) is 5.56 Å². The Labute approximate surface area is 298 Å². The minimum Gasteiger partial charge on any atom is -0.166 e. The summed E-state index contributed by atoms with van der Waals surface area (Å²) in [6.45, 7) is 10.4. The Morgan fingerprint density at radius 1 is 0.294 bits per heavy atom. The summed E-state index contributed by atoms with van der Waals surface area (Å²) in [5, 5.41) is 0. The molecular formula is C48H39F3. The van der Waals surface area contributed by atoms with Crippen molar-refractivity contribution in [1.82, 2.24) is 0 Å². The van der Waals surface area contributed by atoms with Crippen LogP contribution >= 0.6 is 0 Å². The maximum atomic E-state index is 14.8. The first-order valence-electron chi connectivity index (χ1n) is 17.3. The van der Waals surface area contributed by atoms with Gasteiger partial charge >= 0.3 is 6.18 Å². The highest BCUT2D eigenvalue weighted by Crippen LogP contribution is 2.48. The predicted octanol–water partition coefficient (Wildman–Crippen LogP) is 14.2. The van der Waals surface area contributed by atoms with E-state index in [1.807, 2.05) is 49.4 Å². The molecule has 0 aliphatic rings. The maximum Gasteiger partial charge on any atom is 0.417 e. The van der Waals surface area contributed by atoms with Gasteiger partial charge in [-0.25, -0.2) is 0 Å². The van der Waals surface area contributed by atoms with Gasteiger partial charge in [0, 0.05) is 0 Å². The Morgan fingerprint density at radius 2 is 0.627 bits per heavy atom. The standard InChI is InChI=1S/C48H39F3/c1-30-14-6-9-17-37(30)35-24-22-33(4)41(26-35)45-29-44(40-20-12-13-21-47(40)48(49,50)51)46(28-43(45)39-19-11-8-16-32(39)3)42-27-36(25-23-34(42)5)38-18-10-7-15-31(38)2/h6-29H,1-5H3. The zero-order valence-electron chi connectivity index (χ0n) is 29.5. The summed E-state index contributed by atoms with van der Waals surface area (Å²) in [6, 6.07) is 47.6. The lowest BCUT2D eigenvalue weighted by Gasteiger charge is -2.23. The summed E-state index contributed by atoms with van der Waals surface area (Å²) in [4.78, 5) is 0. The number of benzene rings is 7. The summed E-state index contributed by atoms with van der Waals surface area (Å²) in [5.74, 6) is 0. The van der Waals surface area contributed by atoms with Crippen molar-refractivity contribution >= 4 is 0 Å². The number of aryl methyl sites for hydroxylation is 5. The zero-order valence-corrected chi connectivity index (χ0v) is 29.5. The van der Waals surface area contributed by atoms with E-state index >= 15 is 0 Å². The molecular weight excluding hydrogens is 634 g/mol. The summed E-state index contributed by atoms with van der Waals surface area (Å²) in [7, 11) is 0. The van der Waals surface area contributed by atoms with Gasteiger partial charge < -0.3 is 0 Å². The van der Waals surface area contributed by atoms with Crippen molar-refractivity contribution in [2.45, 2.75) is 40.8 Å². The van der Waals surface area contributed by atoms with Crippen LogP contribution in [0.5, 0.6) is 0 Å². The van der Waals surface area contributed by atoms with Gasteiger partial charge in [-0.15, -0.1) is 0 Å². The largest absolute Gasteiger partial charge is 0.417 e. The first-order valence-corrected chi connectivity index (χ1v) is 17.3. The molecule has 0 fully saturated rings. The van der Waals surface area contributed by atoms with Crippen LogP contribution in [0.25, 0.3) is 66.8 Å². The second-order valence-electron chi connectivity index (χ2n) is 13.5. The SMILES string of the molecule is Cc1ccccc1-c1ccc(C)c(-c2cc(-c3ccccc3C(F)(F)F)c(-c3cc(-c4ccccc4C)ccc3C)cc2-c2ccccc2C)c1. The molecule has 0 aromatic heterocycles. The van der Waals surface area contributed by atoms with Gasteiger partial charge in [-0.1, -0.05) is 115 Å². The van der Waals surface area contributed by atoms with Crippen LogP contribution in [0.3, 0.4) is 0 Å². The van der Waals surface area contributed by atoms with Gasteiger partial charge in [0.2, 0.25) is 0 Å². The van der Waals surface area contributed by atoms with Crippen LogP contribution in [-0.4, -0.2) is 0 Å². The van der Waals surface area contributed by atoms with E-state index in [9.17, 15) is 13.2 Å². The van der Waals surface area contributed by atoms with E-state index in [4.69, 9.17) is 0 Å². The maximum absolute atomic E-state index is 14.8. The molecule has 0 aliphatic carbocycles. The van der Waals surface area contributed by atoms with Crippen molar-refractivity contribution in [1.29, 1.82) is 0 Å². The van der Waals surface area contributed by atoms with Crippen molar-refractivity contribution in [3.05, 3.63) is 179 Å². The van der Waals surface area contributed by atoms with Crippen LogP contribution in [0.2, 0.25) is 0 Å². The molecule has 0 bridgehead atoms. The first-order chi connectivity index (χ1) is 24.5. The van der Waals surface area contributed by atoms with Gasteiger partial charge in [-0.05, 0) is 160 Å². The molecule has 7 aromatic carbocycles. The van der Waals surface area contributed by atoms with Gasteiger partial charge in [0.1, 0.15) is 0 Å². The normalized spacial score (nSPS) is 11.5. The molecule has 51 heavy (non-hydrogen) atoms. The fourth-order valence-electron chi connectivity index (χ4n) is 7.28. The third-order valence-corrected chi connectivity index (χ3v) is 10.1. The topological polar surface area (TPSA) is 0 Å². The Bertz CT molecular complexity index is 2410. The summed E-state index contributed by atoms with van der Waals surface area (Å²) >= 11 is 0. The van der Waals surface area contributed by atoms with Gasteiger partial charge in [0.15, 0.2) is 0 Å². The van der Waals surface area contributed by atoms with Crippen LogP contribution in [0.15, 0.2) is 146 Å². The molecule has 3 heteroatoms. The quantitative estimate of drug-likeness (QED) is 0.165. The van der Waals surface area contributed by atoms with E-state index in [1.165, 1.54) is 12.1 Å². The Kier molecular flexibility index (Phi) is 8.99. The van der Waals surface area contributed by atoms with Gasteiger partial charge in [-0.2, -0.15) is 13.2 Å². The van der Waals surface area contributed by atoms with E-state index < -0.39 is 11.7 Å². The molecule has 0 radical (unpaired) electrons. The van der Waals surface area contributed by atoms with Crippen LogP contribution < -0.4 is 0 Å². The Hall–Kier alpha value is -5.67. The van der Waals surface area contributed by atoms with Crippen LogP contribution in [0.4, 0.5) is 13.2 Å². The summed E-state index contributed by atoms with van der Waals surface area (Å²) in [5.41, 5.74) is 15.3. The van der Waals surface area contributed by atoms with Gasteiger partial charge in [-0.3, -0.25) is 0 Å². The number of rotatable bonds is 6. The van der Waals surface area contributed by atoms with E-state index in [2.05, 4.69) is 107 Å². The molecule has 0 amide bonds. The van der Waals surface area contributed by atoms with Crippen molar-refractivity contribution in [3.63, 3.8) is 0 Å². The molecule has 0 saturated heterocycles. The molecule has 0 N–H and O–H groups in total.